The maximum atomic E-state index is 12.1. The molecule has 0 heterocycles. The van der Waals surface area contributed by atoms with E-state index in [1.54, 1.807) is 38.5 Å². The highest BCUT2D eigenvalue weighted by atomic mass is 35.5. The van der Waals surface area contributed by atoms with Gasteiger partial charge in [0.1, 0.15) is 11.5 Å². The molecule has 0 saturated heterocycles. The number of rotatable bonds is 6. The fourth-order valence-electron chi connectivity index (χ4n) is 2.11. The number of hydrogen-bond donors (Lipinski definition) is 2. The van der Waals surface area contributed by atoms with Crippen LogP contribution in [0.4, 0.5) is 11.4 Å². The Morgan fingerprint density at radius 3 is 2.52 bits per heavy atom. The zero-order valence-corrected chi connectivity index (χ0v) is 14.0. The molecule has 0 aliphatic heterocycles. The molecule has 0 bridgehead atoms. The van der Waals surface area contributed by atoms with Gasteiger partial charge >= 0.3 is 0 Å². The summed E-state index contributed by atoms with van der Waals surface area (Å²) in [5.41, 5.74) is 2.40. The number of nitrogens with one attached hydrogen (secondary N) is 2. The van der Waals surface area contributed by atoms with Crippen molar-refractivity contribution in [3.63, 3.8) is 0 Å². The predicted molar refractivity (Wildman–Crippen MR) is 92.9 cm³/mol. The number of halogens is 1. The third-order valence-electron chi connectivity index (χ3n) is 3.31. The lowest BCUT2D eigenvalue weighted by atomic mass is 10.2. The fraction of sp³-hybridized carbons (Fsp3) is 0.235. The van der Waals surface area contributed by atoms with Gasteiger partial charge in [0.25, 0.3) is 0 Å². The van der Waals surface area contributed by atoms with Crippen molar-refractivity contribution in [2.45, 2.75) is 6.92 Å². The third-order valence-corrected chi connectivity index (χ3v) is 3.54. The molecule has 0 saturated carbocycles. The average molecular weight is 335 g/mol. The van der Waals surface area contributed by atoms with E-state index in [4.69, 9.17) is 21.1 Å². The number of anilines is 2. The molecule has 0 atom stereocenters. The Balaban J connectivity index is 2.02. The zero-order valence-electron chi connectivity index (χ0n) is 13.3. The summed E-state index contributed by atoms with van der Waals surface area (Å²) in [5, 5.41) is 6.55. The van der Waals surface area contributed by atoms with Crippen molar-refractivity contribution in [3.8, 4) is 11.5 Å². The minimum Gasteiger partial charge on any atom is -0.497 e. The van der Waals surface area contributed by atoms with Gasteiger partial charge in [-0.2, -0.15) is 0 Å². The number of hydrogen-bond acceptors (Lipinski definition) is 4. The first-order chi connectivity index (χ1) is 11.0. The fourth-order valence-corrected chi connectivity index (χ4v) is 2.33. The van der Waals surface area contributed by atoms with Crippen LogP contribution in [0.25, 0.3) is 0 Å². The molecule has 2 rings (SSSR count). The van der Waals surface area contributed by atoms with E-state index in [-0.39, 0.29) is 12.5 Å². The standard InChI is InChI=1S/C17H19ClN2O3/c1-11-8-12(18)4-6-14(11)19-10-17(21)20-15-9-13(22-2)5-7-16(15)23-3/h4-9,19H,10H2,1-3H3,(H,20,21). The lowest BCUT2D eigenvalue weighted by Crippen LogP contribution is -2.22. The molecule has 0 aromatic heterocycles. The molecule has 2 N–H and O–H groups in total. The monoisotopic (exact) mass is 334 g/mol. The second-order valence-corrected chi connectivity index (χ2v) is 5.36. The molecule has 0 fully saturated rings. The van der Waals surface area contributed by atoms with Gasteiger partial charge in [-0.15, -0.1) is 0 Å². The number of carbonyl (C=O) groups is 1. The van der Waals surface area contributed by atoms with Crippen LogP contribution >= 0.6 is 11.6 Å². The summed E-state index contributed by atoms with van der Waals surface area (Å²) in [4.78, 5) is 12.1. The minimum absolute atomic E-state index is 0.128. The van der Waals surface area contributed by atoms with E-state index in [9.17, 15) is 4.79 Å². The zero-order chi connectivity index (χ0) is 16.8. The van der Waals surface area contributed by atoms with Gasteiger partial charge in [-0.25, -0.2) is 0 Å². The quantitative estimate of drug-likeness (QED) is 0.845. The number of carbonyl (C=O) groups excluding carboxylic acids is 1. The third kappa shape index (κ3) is 4.53. The van der Waals surface area contributed by atoms with Crippen LogP contribution in [0.5, 0.6) is 11.5 Å². The van der Waals surface area contributed by atoms with E-state index in [0.717, 1.165) is 11.3 Å². The first kappa shape index (κ1) is 17.0. The Morgan fingerprint density at radius 1 is 1.09 bits per heavy atom. The summed E-state index contributed by atoms with van der Waals surface area (Å²) in [6, 6.07) is 10.7. The molecule has 23 heavy (non-hydrogen) atoms. The highest BCUT2D eigenvalue weighted by Crippen LogP contribution is 2.28. The summed E-state index contributed by atoms with van der Waals surface area (Å²) in [6.45, 7) is 2.06. The van der Waals surface area contributed by atoms with Crippen LogP contribution in [0.2, 0.25) is 5.02 Å². The van der Waals surface area contributed by atoms with Crippen LogP contribution in [0.3, 0.4) is 0 Å². The van der Waals surface area contributed by atoms with Crippen molar-refractivity contribution in [2.75, 3.05) is 31.4 Å². The van der Waals surface area contributed by atoms with Crippen LogP contribution < -0.4 is 20.1 Å². The van der Waals surface area contributed by atoms with Crippen molar-refractivity contribution in [1.82, 2.24) is 0 Å². The second-order valence-electron chi connectivity index (χ2n) is 4.93. The van der Waals surface area contributed by atoms with Gasteiger partial charge in [-0.3, -0.25) is 4.79 Å². The summed E-state index contributed by atoms with van der Waals surface area (Å²) < 4.78 is 10.4. The van der Waals surface area contributed by atoms with Crippen LogP contribution in [-0.2, 0) is 4.79 Å². The van der Waals surface area contributed by atoms with Crippen molar-refractivity contribution in [3.05, 3.63) is 47.0 Å². The summed E-state index contributed by atoms with van der Waals surface area (Å²) in [5.74, 6) is 1.02. The van der Waals surface area contributed by atoms with Crippen LogP contribution in [-0.4, -0.2) is 26.7 Å². The number of methoxy groups -OCH3 is 2. The van der Waals surface area contributed by atoms with Crippen molar-refractivity contribution in [2.24, 2.45) is 0 Å². The van der Waals surface area contributed by atoms with Crippen LogP contribution in [0, 0.1) is 6.92 Å². The summed E-state index contributed by atoms with van der Waals surface area (Å²) >= 11 is 5.92. The molecular formula is C17H19ClN2O3. The Morgan fingerprint density at radius 2 is 1.87 bits per heavy atom. The molecule has 122 valence electrons. The van der Waals surface area contributed by atoms with Crippen molar-refractivity contribution in [1.29, 1.82) is 0 Å². The normalized spacial score (nSPS) is 10.1. The van der Waals surface area contributed by atoms with Gasteiger partial charge in [0, 0.05) is 16.8 Å². The van der Waals surface area contributed by atoms with Crippen molar-refractivity contribution < 1.29 is 14.3 Å². The highest BCUT2D eigenvalue weighted by Gasteiger charge is 2.09. The van der Waals surface area contributed by atoms with Gasteiger partial charge in [0.15, 0.2) is 0 Å². The van der Waals surface area contributed by atoms with E-state index >= 15 is 0 Å². The average Bonchev–Trinajstić information content (AvgIpc) is 2.54. The number of amides is 1. The van der Waals surface area contributed by atoms with Crippen LogP contribution in [0.15, 0.2) is 36.4 Å². The van der Waals surface area contributed by atoms with E-state index in [2.05, 4.69) is 10.6 Å². The maximum absolute atomic E-state index is 12.1. The molecule has 0 radical (unpaired) electrons. The van der Waals surface area contributed by atoms with Crippen LogP contribution in [0.1, 0.15) is 5.56 Å². The summed E-state index contributed by atoms with van der Waals surface area (Å²) in [6.07, 6.45) is 0. The second kappa shape index (κ2) is 7.74. The van der Waals surface area contributed by atoms with E-state index in [0.29, 0.717) is 22.2 Å². The summed E-state index contributed by atoms with van der Waals surface area (Å²) in [7, 11) is 3.12. The molecule has 6 heteroatoms. The lowest BCUT2D eigenvalue weighted by molar-refractivity contribution is -0.114. The van der Waals surface area contributed by atoms with Gasteiger partial charge < -0.3 is 20.1 Å². The number of ether oxygens (including phenoxy) is 2. The van der Waals surface area contributed by atoms with Crippen molar-refractivity contribution >= 4 is 28.9 Å². The van der Waals surface area contributed by atoms with Gasteiger partial charge in [0.05, 0.1) is 26.5 Å². The SMILES string of the molecule is COc1ccc(OC)c(NC(=O)CNc2ccc(Cl)cc2C)c1. The molecule has 1 amide bonds. The smallest absolute Gasteiger partial charge is 0.243 e. The van der Waals surface area contributed by atoms with E-state index in [1.165, 1.54) is 0 Å². The van der Waals surface area contributed by atoms with E-state index < -0.39 is 0 Å². The topological polar surface area (TPSA) is 59.6 Å². The first-order valence-electron chi connectivity index (χ1n) is 7.05. The van der Waals surface area contributed by atoms with Gasteiger partial charge in [0.2, 0.25) is 5.91 Å². The molecule has 0 aliphatic carbocycles. The number of benzene rings is 2. The number of aryl methyl sites for hydroxylation is 1. The molecular weight excluding hydrogens is 316 g/mol. The minimum atomic E-state index is -0.189. The maximum Gasteiger partial charge on any atom is 0.243 e. The van der Waals surface area contributed by atoms with Gasteiger partial charge in [-0.1, -0.05) is 11.6 Å². The lowest BCUT2D eigenvalue weighted by Gasteiger charge is -2.13. The Bertz CT molecular complexity index is 704. The highest BCUT2D eigenvalue weighted by molar-refractivity contribution is 6.30. The molecule has 2 aromatic carbocycles. The molecule has 2 aromatic rings. The Kier molecular flexibility index (Phi) is 5.71. The first-order valence-corrected chi connectivity index (χ1v) is 7.43. The van der Waals surface area contributed by atoms with E-state index in [1.807, 2.05) is 19.1 Å². The Hall–Kier alpha value is -2.40. The van der Waals surface area contributed by atoms with Gasteiger partial charge in [-0.05, 0) is 42.8 Å². The largest absolute Gasteiger partial charge is 0.497 e. The molecule has 0 aliphatic rings. The Labute approximate surface area is 140 Å². The predicted octanol–water partition coefficient (Wildman–Crippen LogP) is 3.72. The molecule has 0 spiro atoms. The molecule has 0 unspecified atom stereocenters. The molecule has 5 nitrogen and oxygen atoms in total.